The quantitative estimate of drug-likeness (QED) is 0.752. The third-order valence-corrected chi connectivity index (χ3v) is 3.81. The molecule has 1 saturated heterocycles. The zero-order valence-electron chi connectivity index (χ0n) is 11.1. The first-order valence-corrected chi connectivity index (χ1v) is 7.32. The molecule has 100 valence electrons. The minimum absolute atomic E-state index is 0.0822. The van der Waals surface area contributed by atoms with Crippen molar-refractivity contribution in [3.8, 4) is 5.75 Å². The van der Waals surface area contributed by atoms with Crippen LogP contribution in [0.15, 0.2) is 24.3 Å². The van der Waals surface area contributed by atoms with E-state index in [0.29, 0.717) is 6.61 Å². The fraction of sp³-hybridized carbons (Fsp3) is 0.600. The topological polar surface area (TPSA) is 12.5 Å². The number of benzene rings is 1. The first kappa shape index (κ1) is 13.7. The van der Waals surface area contributed by atoms with Gasteiger partial charge in [-0.15, -0.1) is 11.6 Å². The monoisotopic (exact) mass is 267 g/mol. The summed E-state index contributed by atoms with van der Waals surface area (Å²) < 4.78 is 5.44. The Labute approximate surface area is 115 Å². The molecule has 2 rings (SSSR count). The van der Waals surface area contributed by atoms with Gasteiger partial charge in [-0.05, 0) is 50.6 Å². The number of nitrogens with zero attached hydrogens (tertiary/aromatic N) is 1. The number of halogens is 1. The largest absolute Gasteiger partial charge is 0.494 e. The van der Waals surface area contributed by atoms with Crippen molar-refractivity contribution in [2.24, 2.45) is 0 Å². The summed E-state index contributed by atoms with van der Waals surface area (Å²) >= 11 is 6.49. The smallest absolute Gasteiger partial charge is 0.119 e. The lowest BCUT2D eigenvalue weighted by Crippen LogP contribution is -2.32. The highest BCUT2D eigenvalue weighted by atomic mass is 35.5. The van der Waals surface area contributed by atoms with Crippen molar-refractivity contribution in [3.63, 3.8) is 0 Å². The molecule has 0 aromatic heterocycles. The Morgan fingerprint density at radius 3 is 2.44 bits per heavy atom. The highest BCUT2D eigenvalue weighted by Crippen LogP contribution is 2.25. The summed E-state index contributed by atoms with van der Waals surface area (Å²) in [5.74, 6) is 0.920. The van der Waals surface area contributed by atoms with E-state index >= 15 is 0 Å². The predicted octanol–water partition coefficient (Wildman–Crippen LogP) is 3.85. The Balaban J connectivity index is 1.89. The predicted molar refractivity (Wildman–Crippen MR) is 76.5 cm³/mol. The van der Waals surface area contributed by atoms with E-state index < -0.39 is 0 Å². The van der Waals surface area contributed by atoms with E-state index in [-0.39, 0.29) is 5.38 Å². The van der Waals surface area contributed by atoms with Crippen LogP contribution in [0.3, 0.4) is 0 Å². The van der Waals surface area contributed by atoms with Crippen molar-refractivity contribution >= 4 is 11.6 Å². The maximum absolute atomic E-state index is 6.49. The maximum atomic E-state index is 6.49. The van der Waals surface area contributed by atoms with Gasteiger partial charge in [-0.2, -0.15) is 0 Å². The van der Waals surface area contributed by atoms with E-state index in [2.05, 4.69) is 17.0 Å². The molecule has 0 saturated carbocycles. The molecule has 1 fully saturated rings. The molecule has 1 aliphatic rings. The Bertz CT molecular complexity index is 346. The van der Waals surface area contributed by atoms with Gasteiger partial charge >= 0.3 is 0 Å². The van der Waals surface area contributed by atoms with Crippen LogP contribution in [0.5, 0.6) is 5.75 Å². The van der Waals surface area contributed by atoms with Crippen LogP contribution in [-0.2, 0) is 0 Å². The van der Waals surface area contributed by atoms with E-state index in [0.717, 1.165) is 12.3 Å². The summed E-state index contributed by atoms with van der Waals surface area (Å²) in [4.78, 5) is 2.47. The normalized spacial score (nSPS) is 18.6. The molecule has 0 bridgehead atoms. The van der Waals surface area contributed by atoms with E-state index in [1.54, 1.807) is 0 Å². The third-order valence-electron chi connectivity index (χ3n) is 3.42. The number of ether oxygens (including phenoxy) is 1. The molecule has 0 N–H and O–H groups in total. The van der Waals surface area contributed by atoms with Crippen LogP contribution in [0.25, 0.3) is 0 Å². The molecule has 0 aliphatic carbocycles. The van der Waals surface area contributed by atoms with Crippen molar-refractivity contribution in [2.45, 2.75) is 31.6 Å². The Morgan fingerprint density at radius 1 is 1.17 bits per heavy atom. The SMILES string of the molecule is CCOc1ccc(C(Cl)CN2CCCCC2)cc1. The van der Waals surface area contributed by atoms with E-state index in [1.165, 1.54) is 37.9 Å². The average molecular weight is 268 g/mol. The maximum Gasteiger partial charge on any atom is 0.119 e. The highest BCUT2D eigenvalue weighted by Gasteiger charge is 2.15. The fourth-order valence-electron chi connectivity index (χ4n) is 2.41. The van der Waals surface area contributed by atoms with E-state index in [1.807, 2.05) is 19.1 Å². The number of hydrogen-bond donors (Lipinski definition) is 0. The lowest BCUT2D eigenvalue weighted by Gasteiger charge is -2.28. The molecule has 1 aromatic carbocycles. The molecule has 1 aliphatic heterocycles. The van der Waals surface area contributed by atoms with Crippen LogP contribution in [0, 0.1) is 0 Å². The molecule has 0 amide bonds. The van der Waals surface area contributed by atoms with Crippen molar-refractivity contribution in [1.82, 2.24) is 4.90 Å². The molecule has 0 spiro atoms. The third kappa shape index (κ3) is 3.89. The Morgan fingerprint density at radius 2 is 1.83 bits per heavy atom. The second-order valence-corrected chi connectivity index (χ2v) is 5.36. The van der Waals surface area contributed by atoms with Crippen LogP contribution >= 0.6 is 11.6 Å². The molecule has 1 heterocycles. The second-order valence-electron chi connectivity index (χ2n) is 4.83. The number of rotatable bonds is 5. The average Bonchev–Trinajstić information content (AvgIpc) is 2.41. The molecule has 3 heteroatoms. The van der Waals surface area contributed by atoms with Crippen LogP contribution < -0.4 is 4.74 Å². The van der Waals surface area contributed by atoms with Gasteiger partial charge in [0, 0.05) is 6.54 Å². The van der Waals surface area contributed by atoms with Gasteiger partial charge < -0.3 is 9.64 Å². The van der Waals surface area contributed by atoms with Gasteiger partial charge in [-0.25, -0.2) is 0 Å². The molecule has 1 aromatic rings. The van der Waals surface area contributed by atoms with E-state index in [9.17, 15) is 0 Å². The van der Waals surface area contributed by atoms with Crippen molar-refractivity contribution < 1.29 is 4.74 Å². The number of hydrogen-bond acceptors (Lipinski definition) is 2. The molecule has 0 radical (unpaired) electrons. The second kappa shape index (κ2) is 7.01. The van der Waals surface area contributed by atoms with Gasteiger partial charge in [-0.1, -0.05) is 18.6 Å². The molecule has 1 unspecified atom stereocenters. The molecule has 2 nitrogen and oxygen atoms in total. The summed E-state index contributed by atoms with van der Waals surface area (Å²) in [5, 5.41) is 0.0822. The summed E-state index contributed by atoms with van der Waals surface area (Å²) in [6, 6.07) is 8.16. The number of alkyl halides is 1. The lowest BCUT2D eigenvalue weighted by atomic mass is 10.1. The first-order valence-electron chi connectivity index (χ1n) is 6.89. The zero-order valence-corrected chi connectivity index (χ0v) is 11.8. The zero-order chi connectivity index (χ0) is 12.8. The van der Waals surface area contributed by atoms with Crippen molar-refractivity contribution in [2.75, 3.05) is 26.2 Å². The lowest BCUT2D eigenvalue weighted by molar-refractivity contribution is 0.229. The highest BCUT2D eigenvalue weighted by molar-refractivity contribution is 6.21. The minimum Gasteiger partial charge on any atom is -0.494 e. The molecule has 1 atom stereocenters. The molecule has 18 heavy (non-hydrogen) atoms. The summed E-state index contributed by atoms with van der Waals surface area (Å²) in [6.45, 7) is 6.04. The standard InChI is InChI=1S/C15H22ClNO/c1-2-18-14-8-6-13(7-9-14)15(16)12-17-10-4-3-5-11-17/h6-9,15H,2-5,10-12H2,1H3. The van der Waals surface area contributed by atoms with Gasteiger partial charge in [0.1, 0.15) is 5.75 Å². The van der Waals surface area contributed by atoms with E-state index in [4.69, 9.17) is 16.3 Å². The van der Waals surface area contributed by atoms with Crippen LogP contribution in [0.4, 0.5) is 0 Å². The molecular weight excluding hydrogens is 246 g/mol. The number of likely N-dealkylation sites (tertiary alicyclic amines) is 1. The minimum atomic E-state index is 0.0822. The van der Waals surface area contributed by atoms with Crippen molar-refractivity contribution in [3.05, 3.63) is 29.8 Å². The Hall–Kier alpha value is -0.730. The first-order chi connectivity index (χ1) is 8.79. The van der Waals surface area contributed by atoms with Crippen LogP contribution in [0.1, 0.15) is 37.1 Å². The van der Waals surface area contributed by atoms with Gasteiger partial charge in [0.2, 0.25) is 0 Å². The van der Waals surface area contributed by atoms with Crippen LogP contribution in [-0.4, -0.2) is 31.1 Å². The number of piperidine rings is 1. The van der Waals surface area contributed by atoms with Gasteiger partial charge in [0.05, 0.1) is 12.0 Å². The van der Waals surface area contributed by atoms with Gasteiger partial charge in [0.25, 0.3) is 0 Å². The summed E-state index contributed by atoms with van der Waals surface area (Å²) in [6.07, 6.45) is 3.99. The van der Waals surface area contributed by atoms with Crippen molar-refractivity contribution in [1.29, 1.82) is 0 Å². The summed E-state index contributed by atoms with van der Waals surface area (Å²) in [5.41, 5.74) is 1.19. The van der Waals surface area contributed by atoms with Crippen LogP contribution in [0.2, 0.25) is 0 Å². The van der Waals surface area contributed by atoms with Gasteiger partial charge in [-0.3, -0.25) is 0 Å². The fourth-order valence-corrected chi connectivity index (χ4v) is 2.75. The Kier molecular flexibility index (Phi) is 5.33. The van der Waals surface area contributed by atoms with Gasteiger partial charge in [0.15, 0.2) is 0 Å². The molecular formula is C15H22ClNO. The summed E-state index contributed by atoms with van der Waals surface area (Å²) in [7, 11) is 0.